The molecular formula is C50H70ClN2O16S3+. The van der Waals surface area contributed by atoms with Crippen LogP contribution in [0.25, 0.3) is 0 Å². The van der Waals surface area contributed by atoms with Gasteiger partial charge in [-0.2, -0.15) is 29.8 Å². The monoisotopic (exact) mass is 1090 g/mol. The summed E-state index contributed by atoms with van der Waals surface area (Å²) in [5.41, 5.74) is 4.16. The number of aliphatic carboxylic acids is 1. The van der Waals surface area contributed by atoms with Crippen LogP contribution in [0.2, 0.25) is 0 Å². The van der Waals surface area contributed by atoms with E-state index in [9.17, 15) is 48.8 Å². The third kappa shape index (κ3) is 15.8. The number of carbonyl (C=O) groups is 1. The topological polar surface area (TPSA) is 253 Å². The minimum Gasteiger partial charge on any atom is -0.481 e. The van der Waals surface area contributed by atoms with E-state index < -0.39 is 52.9 Å². The number of halogens is 1. The number of hydrogen-bond acceptors (Lipinski definition) is 13. The summed E-state index contributed by atoms with van der Waals surface area (Å²) in [5.74, 6) is -1.38. The second kappa shape index (κ2) is 26.6. The van der Waals surface area contributed by atoms with Crippen molar-refractivity contribution in [2.45, 2.75) is 106 Å². The Morgan fingerprint density at radius 1 is 0.736 bits per heavy atom. The van der Waals surface area contributed by atoms with Crippen LogP contribution in [0.1, 0.15) is 96.1 Å². The van der Waals surface area contributed by atoms with Crippen molar-refractivity contribution in [3.8, 4) is 0 Å². The van der Waals surface area contributed by atoms with Gasteiger partial charge in [-0.05, 0) is 125 Å². The van der Waals surface area contributed by atoms with Gasteiger partial charge < -0.3 is 33.7 Å². The minimum atomic E-state index is -4.57. The van der Waals surface area contributed by atoms with E-state index in [2.05, 4.69) is 4.58 Å². The number of likely N-dealkylation sites (N-methyl/N-ethyl adjacent to an activating group) is 1. The Kier molecular flexibility index (Phi) is 21.8. The maximum atomic E-state index is 12.5. The highest BCUT2D eigenvalue weighted by molar-refractivity contribution is 7.86. The maximum Gasteiger partial charge on any atom is 0.303 e. The van der Waals surface area contributed by atoms with Gasteiger partial charge in [0.15, 0.2) is 5.71 Å². The molecule has 0 saturated carbocycles. The van der Waals surface area contributed by atoms with Crippen LogP contribution >= 0.6 is 11.6 Å². The summed E-state index contributed by atoms with van der Waals surface area (Å²) in [4.78, 5) is 12.8. The molecule has 0 saturated heterocycles. The van der Waals surface area contributed by atoms with Gasteiger partial charge in [-0.15, -0.1) is 0 Å². The van der Waals surface area contributed by atoms with E-state index in [1.807, 2.05) is 50.0 Å². The van der Waals surface area contributed by atoms with Gasteiger partial charge in [-0.3, -0.25) is 18.5 Å². The average Bonchev–Trinajstić information content (AvgIpc) is 3.69. The Bertz CT molecular complexity index is 2740. The molecule has 22 heteroatoms. The van der Waals surface area contributed by atoms with E-state index in [-0.39, 0.29) is 42.3 Å². The Hall–Kier alpha value is -3.84. The lowest BCUT2D eigenvalue weighted by Gasteiger charge is -2.30. The molecule has 18 nitrogen and oxygen atoms in total. The number of benzene rings is 2. The number of allylic oxidation sites excluding steroid dienone is 8. The first-order valence-corrected chi connectivity index (χ1v) is 29.0. The number of unbranched alkanes of at least 4 members (excludes halogenated alkanes) is 2. The summed E-state index contributed by atoms with van der Waals surface area (Å²) in [6.07, 6.45) is 12.3. The summed E-state index contributed by atoms with van der Waals surface area (Å²) in [5, 5.41) is 9.79. The number of rotatable bonds is 31. The normalized spacial score (nSPS) is 20.7. The third-order valence-corrected chi connectivity index (χ3v) is 16.3. The lowest BCUT2D eigenvalue weighted by atomic mass is 9.76. The van der Waals surface area contributed by atoms with E-state index in [0.29, 0.717) is 120 Å². The smallest absolute Gasteiger partial charge is 0.303 e. The van der Waals surface area contributed by atoms with Gasteiger partial charge >= 0.3 is 5.97 Å². The number of carboxylic acid groups (broad SMARTS) is 1. The zero-order valence-electron chi connectivity index (χ0n) is 41.5. The van der Waals surface area contributed by atoms with Gasteiger partial charge in [0.1, 0.15) is 6.54 Å². The fourth-order valence-corrected chi connectivity index (χ4v) is 11.4. The molecule has 5 rings (SSSR count). The highest BCUT2D eigenvalue weighted by Gasteiger charge is 2.48. The van der Waals surface area contributed by atoms with Crippen molar-refractivity contribution in [1.29, 1.82) is 0 Å². The fourth-order valence-electron chi connectivity index (χ4n) is 9.57. The second-order valence-corrected chi connectivity index (χ2v) is 23.1. The first-order chi connectivity index (χ1) is 34.0. The van der Waals surface area contributed by atoms with E-state index >= 15 is 0 Å². The van der Waals surface area contributed by atoms with Crippen molar-refractivity contribution in [2.75, 3.05) is 90.3 Å². The molecular weight excluding hydrogens is 1020 g/mol. The summed E-state index contributed by atoms with van der Waals surface area (Å²) in [7, 11) is -11.8. The van der Waals surface area contributed by atoms with Crippen LogP contribution in [0.15, 0.2) is 92.4 Å². The minimum absolute atomic E-state index is 0.0334. The van der Waals surface area contributed by atoms with Crippen molar-refractivity contribution in [3.63, 3.8) is 0 Å². The highest BCUT2D eigenvalue weighted by atomic mass is 35.5. The molecule has 4 N–H and O–H groups in total. The third-order valence-electron chi connectivity index (χ3n) is 13.3. The number of fused-ring (bicyclic) bond motifs is 2. The number of carboxylic acids is 1. The number of hydrogen-bond donors (Lipinski definition) is 4. The quantitative estimate of drug-likeness (QED) is 0.0319. The summed E-state index contributed by atoms with van der Waals surface area (Å²) in [6.45, 7) is 10.3. The zero-order chi connectivity index (χ0) is 52.7. The van der Waals surface area contributed by atoms with Crippen molar-refractivity contribution < 1.29 is 77.1 Å². The molecule has 0 aromatic heterocycles. The molecule has 2 unspecified atom stereocenters. The van der Waals surface area contributed by atoms with Crippen LogP contribution in [0, 0.1) is 0 Å². The van der Waals surface area contributed by atoms with Gasteiger partial charge in [0, 0.05) is 72.6 Å². The van der Waals surface area contributed by atoms with Crippen molar-refractivity contribution >= 4 is 65.0 Å². The number of methoxy groups -OCH3 is 1. The molecule has 1 aliphatic carbocycles. The van der Waals surface area contributed by atoms with Crippen LogP contribution in [-0.2, 0) is 69.7 Å². The first-order valence-electron chi connectivity index (χ1n) is 24.2. The average molecular weight is 1090 g/mol. The van der Waals surface area contributed by atoms with Crippen LogP contribution < -0.4 is 4.90 Å². The highest BCUT2D eigenvalue weighted by Crippen LogP contribution is 2.51. The SMILES string of the molecule is CCN1C(=CC=C2CCCC(C=CC3=[N+](CCCCCC(=O)O)c4ccc(S(=O)(=O)O)cc4C3(C)CCOCCOCCOCCOCCOC)=C2Cl)C(C)(CCCS(=O)(=O)O)c2cc(S(=O)(=O)O)ccc21. The number of nitrogens with zero attached hydrogens (tertiary/aromatic N) is 2. The lowest BCUT2D eigenvalue weighted by molar-refractivity contribution is -0.438. The lowest BCUT2D eigenvalue weighted by Crippen LogP contribution is -2.33. The molecule has 2 atom stereocenters. The van der Waals surface area contributed by atoms with Crippen LogP contribution in [0.3, 0.4) is 0 Å². The molecule has 2 heterocycles. The summed E-state index contributed by atoms with van der Waals surface area (Å²) >= 11 is 7.28. The van der Waals surface area contributed by atoms with E-state index in [0.717, 1.165) is 34.7 Å². The standard InChI is InChI=1S/C50H69ClN2O16S3/c1-5-52-43-18-16-39(71(59,60)61)35-41(43)49(2,22-10-34-70(56,57)58)45(52)20-14-37-11-9-12-38(48(37)51)15-21-46-50(3,23-25-66-28-29-68-32-33-69-31-30-67-27-26-65-4)42-36-40(72(62,63)64)17-19-44(42)53(46)24-8-6-7-13-47(54)55/h14-21,35-36H,5-13,22-34H2,1-4H3,(H3-,54,55,56,57,58,59,60,61,62,63,64)/p+1. The predicted octanol–water partition coefficient (Wildman–Crippen LogP) is 7.79. The van der Waals surface area contributed by atoms with E-state index in [4.69, 9.17) is 35.3 Å². The maximum absolute atomic E-state index is 12.5. The Balaban J connectivity index is 1.46. The van der Waals surface area contributed by atoms with Crippen LogP contribution in [0.5, 0.6) is 0 Å². The zero-order valence-corrected chi connectivity index (χ0v) is 44.7. The molecule has 0 radical (unpaired) electrons. The number of ether oxygens (including phenoxy) is 5. The van der Waals surface area contributed by atoms with Gasteiger partial charge in [0.2, 0.25) is 5.69 Å². The molecule has 0 amide bonds. The first kappa shape index (κ1) is 59.0. The van der Waals surface area contributed by atoms with Crippen molar-refractivity contribution in [2.24, 2.45) is 0 Å². The summed E-state index contributed by atoms with van der Waals surface area (Å²) in [6, 6.07) is 8.89. The van der Waals surface area contributed by atoms with E-state index in [1.165, 1.54) is 24.3 Å². The Morgan fingerprint density at radius 2 is 1.33 bits per heavy atom. The fraction of sp³-hybridized carbons (Fsp3) is 0.560. The molecule has 72 heavy (non-hydrogen) atoms. The molecule has 2 aliphatic heterocycles. The van der Waals surface area contributed by atoms with Crippen LogP contribution in [0.4, 0.5) is 11.4 Å². The van der Waals surface area contributed by atoms with Crippen LogP contribution in [-0.4, -0.2) is 146 Å². The van der Waals surface area contributed by atoms with E-state index in [1.54, 1.807) is 19.2 Å². The van der Waals surface area contributed by atoms with Gasteiger partial charge in [-0.1, -0.05) is 23.8 Å². The predicted molar refractivity (Wildman–Crippen MR) is 274 cm³/mol. The van der Waals surface area contributed by atoms with Gasteiger partial charge in [0.25, 0.3) is 30.4 Å². The molecule has 2 aromatic rings. The molecule has 0 fully saturated rings. The number of anilines is 1. The molecule has 3 aliphatic rings. The van der Waals surface area contributed by atoms with Gasteiger partial charge in [0.05, 0.1) is 73.8 Å². The Morgan fingerprint density at radius 3 is 1.92 bits per heavy atom. The molecule has 2 aromatic carbocycles. The Labute approximate surface area is 429 Å². The second-order valence-electron chi connectivity index (χ2n) is 18.3. The molecule has 0 bridgehead atoms. The summed E-state index contributed by atoms with van der Waals surface area (Å²) < 4.78 is 133. The van der Waals surface area contributed by atoms with Gasteiger partial charge in [-0.25, -0.2) is 0 Å². The largest absolute Gasteiger partial charge is 0.481 e. The van der Waals surface area contributed by atoms with Crippen molar-refractivity contribution in [1.82, 2.24) is 0 Å². The van der Waals surface area contributed by atoms with Crippen molar-refractivity contribution in [3.05, 3.63) is 93.7 Å². The molecule has 400 valence electrons. The molecule has 0 spiro atoms.